The average molecular weight is 256 g/mol. The summed E-state index contributed by atoms with van der Waals surface area (Å²) < 4.78 is 0. The normalized spacial score (nSPS) is 16.9. The van der Waals surface area contributed by atoms with Crippen molar-refractivity contribution in [3.8, 4) is 6.07 Å². The zero-order valence-electron chi connectivity index (χ0n) is 11.6. The minimum absolute atomic E-state index is 0.104. The molecule has 0 heterocycles. The molecule has 100 valence electrons. The molecule has 1 aromatic rings. The SMILES string of the molecule is Cc1ccc(CNC(=O)C2(C#N)CCCC2)c(C)c1. The second-order valence-electron chi connectivity index (χ2n) is 5.51. The molecule has 2 rings (SSSR count). The van der Waals surface area contributed by atoms with E-state index in [4.69, 9.17) is 0 Å². The number of amides is 1. The van der Waals surface area contributed by atoms with Gasteiger partial charge in [0, 0.05) is 6.54 Å². The highest BCUT2D eigenvalue weighted by Gasteiger charge is 2.41. The molecule has 0 unspecified atom stereocenters. The van der Waals surface area contributed by atoms with Crippen molar-refractivity contribution in [3.05, 3.63) is 34.9 Å². The van der Waals surface area contributed by atoms with Gasteiger partial charge in [0.15, 0.2) is 0 Å². The van der Waals surface area contributed by atoms with Crippen LogP contribution in [0, 0.1) is 30.6 Å². The Morgan fingerprint density at radius 2 is 2.05 bits per heavy atom. The molecule has 3 nitrogen and oxygen atoms in total. The quantitative estimate of drug-likeness (QED) is 0.903. The number of benzene rings is 1. The Bertz CT molecular complexity index is 522. The van der Waals surface area contributed by atoms with Crippen LogP contribution in [0.5, 0.6) is 0 Å². The van der Waals surface area contributed by atoms with Gasteiger partial charge in [0.25, 0.3) is 0 Å². The summed E-state index contributed by atoms with van der Waals surface area (Å²) in [7, 11) is 0. The average Bonchev–Trinajstić information content (AvgIpc) is 2.87. The number of nitrogens with one attached hydrogen (secondary N) is 1. The number of nitriles is 1. The molecule has 1 N–H and O–H groups in total. The third kappa shape index (κ3) is 2.78. The number of nitrogens with zero attached hydrogens (tertiary/aromatic N) is 1. The number of carbonyl (C=O) groups excluding carboxylic acids is 1. The fourth-order valence-electron chi connectivity index (χ4n) is 2.76. The summed E-state index contributed by atoms with van der Waals surface area (Å²) in [5.41, 5.74) is 2.73. The van der Waals surface area contributed by atoms with E-state index in [9.17, 15) is 10.1 Å². The van der Waals surface area contributed by atoms with Crippen molar-refractivity contribution in [1.82, 2.24) is 5.32 Å². The third-order valence-electron chi connectivity index (χ3n) is 4.04. The summed E-state index contributed by atoms with van der Waals surface area (Å²) in [4.78, 5) is 12.2. The van der Waals surface area contributed by atoms with Crippen molar-refractivity contribution in [2.24, 2.45) is 5.41 Å². The molecule has 19 heavy (non-hydrogen) atoms. The predicted octanol–water partition coefficient (Wildman–Crippen LogP) is 3.00. The van der Waals surface area contributed by atoms with E-state index in [-0.39, 0.29) is 5.91 Å². The van der Waals surface area contributed by atoms with Crippen molar-refractivity contribution in [2.75, 3.05) is 0 Å². The van der Waals surface area contributed by atoms with Crippen LogP contribution in [0.15, 0.2) is 18.2 Å². The van der Waals surface area contributed by atoms with Crippen molar-refractivity contribution in [1.29, 1.82) is 5.26 Å². The minimum Gasteiger partial charge on any atom is -0.351 e. The van der Waals surface area contributed by atoms with Gasteiger partial charge in [-0.2, -0.15) is 5.26 Å². The molecule has 1 saturated carbocycles. The van der Waals surface area contributed by atoms with Crippen LogP contribution in [0.25, 0.3) is 0 Å². The van der Waals surface area contributed by atoms with Crippen LogP contribution in [-0.2, 0) is 11.3 Å². The van der Waals surface area contributed by atoms with E-state index in [1.165, 1.54) is 11.1 Å². The zero-order chi connectivity index (χ0) is 13.9. The van der Waals surface area contributed by atoms with E-state index in [1.54, 1.807) is 0 Å². The Morgan fingerprint density at radius 1 is 1.37 bits per heavy atom. The minimum atomic E-state index is -0.779. The van der Waals surface area contributed by atoms with Crippen LogP contribution in [0.2, 0.25) is 0 Å². The van der Waals surface area contributed by atoms with Gasteiger partial charge < -0.3 is 5.32 Å². The molecule has 1 aliphatic carbocycles. The summed E-state index contributed by atoms with van der Waals surface area (Å²) in [6.07, 6.45) is 3.35. The number of carbonyl (C=O) groups is 1. The Hall–Kier alpha value is -1.82. The molecule has 3 heteroatoms. The van der Waals surface area contributed by atoms with E-state index < -0.39 is 5.41 Å². The van der Waals surface area contributed by atoms with Gasteiger partial charge in [0.1, 0.15) is 5.41 Å². The molecule has 0 aromatic heterocycles. The first-order chi connectivity index (χ1) is 9.07. The molecule has 0 aliphatic heterocycles. The Labute approximate surface area is 114 Å². The lowest BCUT2D eigenvalue weighted by molar-refractivity contribution is -0.128. The molecule has 0 radical (unpaired) electrons. The highest BCUT2D eigenvalue weighted by atomic mass is 16.2. The second-order valence-corrected chi connectivity index (χ2v) is 5.51. The summed E-state index contributed by atoms with van der Waals surface area (Å²) in [6, 6.07) is 8.42. The van der Waals surface area contributed by atoms with Crippen LogP contribution in [-0.4, -0.2) is 5.91 Å². The molecule has 1 fully saturated rings. The summed E-state index contributed by atoms with van der Waals surface area (Å²) in [5, 5.41) is 12.2. The van der Waals surface area contributed by atoms with Gasteiger partial charge in [-0.25, -0.2) is 0 Å². The topological polar surface area (TPSA) is 52.9 Å². The van der Waals surface area contributed by atoms with E-state index in [2.05, 4.69) is 24.4 Å². The van der Waals surface area contributed by atoms with Gasteiger partial charge in [0.05, 0.1) is 6.07 Å². The molecule has 1 aliphatic rings. The lowest BCUT2D eigenvalue weighted by Gasteiger charge is -2.19. The standard InChI is InChI=1S/C16H20N2O/c1-12-5-6-14(13(2)9-12)10-18-15(19)16(11-17)7-3-4-8-16/h5-6,9H,3-4,7-8,10H2,1-2H3,(H,18,19). The molecule has 0 spiro atoms. The van der Waals surface area contributed by atoms with Crippen LogP contribution >= 0.6 is 0 Å². The Morgan fingerprint density at radius 3 is 2.63 bits per heavy atom. The van der Waals surface area contributed by atoms with Gasteiger partial charge in [-0.1, -0.05) is 36.6 Å². The van der Waals surface area contributed by atoms with Crippen LogP contribution in [0.4, 0.5) is 0 Å². The van der Waals surface area contributed by atoms with Crippen molar-refractivity contribution >= 4 is 5.91 Å². The molecule has 1 aromatic carbocycles. The van der Waals surface area contributed by atoms with Gasteiger partial charge in [-0.05, 0) is 37.8 Å². The molecule has 0 bridgehead atoms. The highest BCUT2D eigenvalue weighted by molar-refractivity contribution is 5.85. The van der Waals surface area contributed by atoms with Crippen molar-refractivity contribution < 1.29 is 4.79 Å². The maximum Gasteiger partial charge on any atom is 0.240 e. The fourth-order valence-corrected chi connectivity index (χ4v) is 2.76. The molecular weight excluding hydrogens is 236 g/mol. The summed E-state index contributed by atoms with van der Waals surface area (Å²) in [6.45, 7) is 4.61. The van der Waals surface area contributed by atoms with Gasteiger partial charge in [-0.15, -0.1) is 0 Å². The van der Waals surface area contributed by atoms with E-state index in [0.717, 1.165) is 18.4 Å². The van der Waals surface area contributed by atoms with Crippen LogP contribution < -0.4 is 5.32 Å². The number of aryl methyl sites for hydroxylation is 2. The summed E-state index contributed by atoms with van der Waals surface area (Å²) in [5.74, 6) is -0.104. The highest BCUT2D eigenvalue weighted by Crippen LogP contribution is 2.37. The second kappa shape index (κ2) is 5.44. The van der Waals surface area contributed by atoms with E-state index in [0.29, 0.717) is 19.4 Å². The predicted molar refractivity (Wildman–Crippen MR) is 74.3 cm³/mol. The third-order valence-corrected chi connectivity index (χ3v) is 4.04. The first-order valence-electron chi connectivity index (χ1n) is 6.83. The Balaban J connectivity index is 2.02. The molecule has 0 atom stereocenters. The zero-order valence-corrected chi connectivity index (χ0v) is 11.6. The van der Waals surface area contributed by atoms with Crippen LogP contribution in [0.3, 0.4) is 0 Å². The lowest BCUT2D eigenvalue weighted by atomic mass is 9.87. The number of hydrogen-bond donors (Lipinski definition) is 1. The van der Waals surface area contributed by atoms with E-state index >= 15 is 0 Å². The lowest BCUT2D eigenvalue weighted by Crippen LogP contribution is -2.37. The maximum atomic E-state index is 12.2. The maximum absolute atomic E-state index is 12.2. The van der Waals surface area contributed by atoms with Crippen molar-refractivity contribution in [2.45, 2.75) is 46.1 Å². The van der Waals surface area contributed by atoms with Crippen molar-refractivity contribution in [3.63, 3.8) is 0 Å². The van der Waals surface area contributed by atoms with E-state index in [1.807, 2.05) is 19.1 Å². The molecule has 1 amide bonds. The number of hydrogen-bond acceptors (Lipinski definition) is 2. The summed E-state index contributed by atoms with van der Waals surface area (Å²) >= 11 is 0. The largest absolute Gasteiger partial charge is 0.351 e. The number of rotatable bonds is 3. The smallest absolute Gasteiger partial charge is 0.240 e. The first-order valence-corrected chi connectivity index (χ1v) is 6.83. The first kappa shape index (κ1) is 13.6. The van der Waals surface area contributed by atoms with Gasteiger partial charge >= 0.3 is 0 Å². The monoisotopic (exact) mass is 256 g/mol. The van der Waals surface area contributed by atoms with Gasteiger partial charge in [0.2, 0.25) is 5.91 Å². The molecular formula is C16H20N2O. The van der Waals surface area contributed by atoms with Crippen LogP contribution in [0.1, 0.15) is 42.4 Å². The molecule has 0 saturated heterocycles. The fraction of sp³-hybridized carbons (Fsp3) is 0.500. The Kier molecular flexibility index (Phi) is 3.90. The van der Waals surface area contributed by atoms with Gasteiger partial charge in [-0.3, -0.25) is 4.79 Å².